The van der Waals surface area contributed by atoms with E-state index < -0.39 is 46.3 Å². The summed E-state index contributed by atoms with van der Waals surface area (Å²) in [5, 5.41) is 12.0. The standard InChI is InChI=1S/C28H40N6O6S/c1-4-40-26(36)18-34(19(2)3)27(37)24(15-25(35)31-16-20-8-7-13-33(17-20)28(29)30)32-41(38,39)23-12-11-21-9-5-6-10-22(21)14-23/h5-6,9-12,14,19-20,24,32H,4,7-8,13,15-18H2,1-3H3,(H3,29,30)(H,31,35)/t20-,24-/m0/s1. The molecule has 2 aromatic rings. The molecule has 1 fully saturated rings. The number of guanidine groups is 1. The molecular weight excluding hydrogens is 548 g/mol. The first-order valence-corrected chi connectivity index (χ1v) is 15.2. The van der Waals surface area contributed by atoms with Gasteiger partial charge in [-0.05, 0) is 62.4 Å². The smallest absolute Gasteiger partial charge is 0.325 e. The number of rotatable bonds is 12. The second-order valence-electron chi connectivity index (χ2n) is 10.4. The highest BCUT2D eigenvalue weighted by Crippen LogP contribution is 2.20. The number of benzene rings is 2. The molecule has 2 amide bonds. The van der Waals surface area contributed by atoms with Gasteiger partial charge in [-0.25, -0.2) is 8.42 Å². The van der Waals surface area contributed by atoms with Gasteiger partial charge in [0.2, 0.25) is 21.8 Å². The first-order chi connectivity index (χ1) is 19.4. The Bertz CT molecular complexity index is 1360. The van der Waals surface area contributed by atoms with Crippen LogP contribution in [0.25, 0.3) is 10.8 Å². The topological polar surface area (TPSA) is 175 Å². The lowest BCUT2D eigenvalue weighted by Gasteiger charge is -2.33. The molecule has 2 aromatic carbocycles. The van der Waals surface area contributed by atoms with Crippen molar-refractivity contribution in [3.05, 3.63) is 42.5 Å². The van der Waals surface area contributed by atoms with E-state index in [1.807, 2.05) is 12.1 Å². The molecule has 3 rings (SSSR count). The second-order valence-corrected chi connectivity index (χ2v) is 12.1. The summed E-state index contributed by atoms with van der Waals surface area (Å²) in [7, 11) is -4.23. The highest BCUT2D eigenvalue weighted by atomic mass is 32.2. The van der Waals surface area contributed by atoms with Crippen molar-refractivity contribution in [2.75, 3.05) is 32.8 Å². The van der Waals surface area contributed by atoms with Crippen molar-refractivity contribution in [2.24, 2.45) is 11.7 Å². The molecule has 0 unspecified atom stereocenters. The zero-order valence-corrected chi connectivity index (χ0v) is 24.6. The maximum absolute atomic E-state index is 13.7. The number of carbonyl (C=O) groups is 3. The highest BCUT2D eigenvalue weighted by Gasteiger charge is 2.34. The van der Waals surface area contributed by atoms with Gasteiger partial charge in [-0.15, -0.1) is 0 Å². The van der Waals surface area contributed by atoms with Gasteiger partial charge in [0, 0.05) is 25.7 Å². The largest absolute Gasteiger partial charge is 0.465 e. The Balaban J connectivity index is 1.81. The lowest BCUT2D eigenvalue weighted by atomic mass is 9.98. The number of nitrogens with zero attached hydrogens (tertiary/aromatic N) is 2. The molecule has 1 saturated heterocycles. The summed E-state index contributed by atoms with van der Waals surface area (Å²) >= 11 is 0. The van der Waals surface area contributed by atoms with E-state index in [9.17, 15) is 22.8 Å². The molecular formula is C28H40N6O6S. The van der Waals surface area contributed by atoms with E-state index in [0.717, 1.165) is 18.2 Å². The molecule has 0 aromatic heterocycles. The fourth-order valence-corrected chi connectivity index (χ4v) is 6.02. The molecule has 2 atom stereocenters. The van der Waals surface area contributed by atoms with Gasteiger partial charge >= 0.3 is 5.97 Å². The van der Waals surface area contributed by atoms with Crippen molar-refractivity contribution < 1.29 is 27.5 Å². The van der Waals surface area contributed by atoms with Gasteiger partial charge in [0.25, 0.3) is 0 Å². The Labute approximate surface area is 241 Å². The monoisotopic (exact) mass is 588 g/mol. The van der Waals surface area contributed by atoms with E-state index in [1.165, 1.54) is 17.0 Å². The SMILES string of the molecule is CCOC(=O)CN(C(=O)[C@H](CC(=O)NC[C@@H]1CCCN(C(=N)N)C1)NS(=O)(=O)c1ccc2ccccc2c1)C(C)C. The summed E-state index contributed by atoms with van der Waals surface area (Å²) in [6.07, 6.45) is 1.19. The number of esters is 1. The Hall–Kier alpha value is -3.71. The fourth-order valence-electron chi connectivity index (χ4n) is 4.80. The molecule has 41 heavy (non-hydrogen) atoms. The summed E-state index contributed by atoms with van der Waals surface area (Å²) in [6.45, 7) is 6.26. The van der Waals surface area contributed by atoms with Crippen LogP contribution in [0.5, 0.6) is 0 Å². The minimum Gasteiger partial charge on any atom is -0.465 e. The minimum absolute atomic E-state index is 0.0230. The lowest BCUT2D eigenvalue weighted by molar-refractivity contribution is -0.150. The van der Waals surface area contributed by atoms with Crippen molar-refractivity contribution in [1.29, 1.82) is 5.41 Å². The van der Waals surface area contributed by atoms with E-state index >= 15 is 0 Å². The van der Waals surface area contributed by atoms with E-state index in [4.69, 9.17) is 15.9 Å². The number of piperidine rings is 1. The molecule has 1 heterocycles. The van der Waals surface area contributed by atoms with Crippen molar-refractivity contribution >= 4 is 44.5 Å². The average Bonchev–Trinajstić information content (AvgIpc) is 2.94. The summed E-state index contributed by atoms with van der Waals surface area (Å²) in [6, 6.07) is 9.94. The minimum atomic E-state index is -4.23. The van der Waals surface area contributed by atoms with E-state index in [0.29, 0.717) is 18.5 Å². The maximum atomic E-state index is 13.7. The third kappa shape index (κ3) is 8.89. The van der Waals surface area contributed by atoms with Gasteiger partial charge in [0.15, 0.2) is 5.96 Å². The summed E-state index contributed by atoms with van der Waals surface area (Å²) in [4.78, 5) is 41.8. The number of hydrogen-bond donors (Lipinski definition) is 4. The summed E-state index contributed by atoms with van der Waals surface area (Å²) in [5.41, 5.74) is 5.61. The molecule has 0 radical (unpaired) electrons. The number of likely N-dealkylation sites (tertiary alicyclic amines) is 1. The molecule has 13 heteroatoms. The number of nitrogens with two attached hydrogens (primary N) is 1. The molecule has 224 valence electrons. The van der Waals surface area contributed by atoms with Crippen LogP contribution in [0, 0.1) is 11.3 Å². The van der Waals surface area contributed by atoms with Crippen LogP contribution in [-0.4, -0.2) is 86.8 Å². The van der Waals surface area contributed by atoms with Crippen molar-refractivity contribution in [2.45, 2.75) is 57.0 Å². The molecule has 5 N–H and O–H groups in total. The first-order valence-electron chi connectivity index (χ1n) is 13.7. The van der Waals surface area contributed by atoms with Crippen LogP contribution in [0.4, 0.5) is 0 Å². The fraction of sp³-hybridized carbons (Fsp3) is 0.500. The van der Waals surface area contributed by atoms with Gasteiger partial charge in [0.05, 0.1) is 17.9 Å². The summed E-state index contributed by atoms with van der Waals surface area (Å²) in [5.74, 6) is -1.85. The van der Waals surface area contributed by atoms with E-state index in [-0.39, 0.29) is 36.5 Å². The van der Waals surface area contributed by atoms with Crippen LogP contribution in [0.1, 0.15) is 40.0 Å². The van der Waals surface area contributed by atoms with Gasteiger partial charge in [-0.1, -0.05) is 30.3 Å². The first kappa shape index (κ1) is 31.8. The van der Waals surface area contributed by atoms with Crippen LogP contribution < -0.4 is 15.8 Å². The number of sulfonamides is 1. The van der Waals surface area contributed by atoms with Crippen LogP contribution in [0.15, 0.2) is 47.4 Å². The Morgan fingerprint density at radius 3 is 2.54 bits per heavy atom. The average molecular weight is 589 g/mol. The van der Waals surface area contributed by atoms with Gasteiger partial charge in [-0.2, -0.15) is 4.72 Å². The quantitative estimate of drug-likeness (QED) is 0.163. The lowest BCUT2D eigenvalue weighted by Crippen LogP contribution is -2.54. The summed E-state index contributed by atoms with van der Waals surface area (Å²) < 4.78 is 34.3. The number of carbonyl (C=O) groups excluding carboxylic acids is 3. The zero-order chi connectivity index (χ0) is 30.2. The Morgan fingerprint density at radius 2 is 1.88 bits per heavy atom. The zero-order valence-electron chi connectivity index (χ0n) is 23.8. The third-order valence-corrected chi connectivity index (χ3v) is 8.44. The Morgan fingerprint density at radius 1 is 1.17 bits per heavy atom. The molecule has 0 saturated carbocycles. The second kappa shape index (κ2) is 14.3. The molecule has 12 nitrogen and oxygen atoms in total. The normalized spacial score (nSPS) is 16.3. The Kier molecular flexibility index (Phi) is 11.1. The van der Waals surface area contributed by atoms with E-state index in [1.54, 1.807) is 43.9 Å². The number of fused-ring (bicyclic) bond motifs is 1. The van der Waals surface area contributed by atoms with Gasteiger partial charge in [-0.3, -0.25) is 19.8 Å². The number of amides is 2. The van der Waals surface area contributed by atoms with Crippen molar-refractivity contribution in [1.82, 2.24) is 19.8 Å². The predicted molar refractivity (Wildman–Crippen MR) is 155 cm³/mol. The molecule has 1 aliphatic rings. The van der Waals surface area contributed by atoms with Crippen molar-refractivity contribution in [3.63, 3.8) is 0 Å². The number of ether oxygens (including phenoxy) is 1. The van der Waals surface area contributed by atoms with Gasteiger partial charge < -0.3 is 25.6 Å². The maximum Gasteiger partial charge on any atom is 0.325 e. The van der Waals surface area contributed by atoms with Crippen LogP contribution in [-0.2, 0) is 29.1 Å². The number of hydrogen-bond acceptors (Lipinski definition) is 7. The predicted octanol–water partition coefficient (Wildman–Crippen LogP) is 1.40. The highest BCUT2D eigenvalue weighted by molar-refractivity contribution is 7.89. The van der Waals surface area contributed by atoms with E-state index in [2.05, 4.69) is 10.0 Å². The van der Waals surface area contributed by atoms with Crippen LogP contribution in [0.3, 0.4) is 0 Å². The van der Waals surface area contributed by atoms with Crippen molar-refractivity contribution in [3.8, 4) is 0 Å². The van der Waals surface area contributed by atoms with Crippen LogP contribution in [0.2, 0.25) is 0 Å². The third-order valence-electron chi connectivity index (χ3n) is 6.98. The molecule has 0 spiro atoms. The molecule has 1 aliphatic heterocycles. The van der Waals surface area contributed by atoms with Crippen LogP contribution >= 0.6 is 0 Å². The molecule has 0 bridgehead atoms. The number of nitrogens with one attached hydrogen (secondary N) is 3. The molecule has 0 aliphatic carbocycles. The van der Waals surface area contributed by atoms with Gasteiger partial charge in [0.1, 0.15) is 12.6 Å².